The lowest BCUT2D eigenvalue weighted by Gasteiger charge is -2.32. The molecule has 160 valence electrons. The van der Waals surface area contributed by atoms with E-state index in [1.54, 1.807) is 0 Å². The van der Waals surface area contributed by atoms with Gasteiger partial charge in [-0.3, -0.25) is 9.10 Å². The van der Waals surface area contributed by atoms with Crippen molar-refractivity contribution in [2.75, 3.05) is 24.2 Å². The Morgan fingerprint density at radius 3 is 2.90 bits per heavy atom. The van der Waals surface area contributed by atoms with Gasteiger partial charge in [0.1, 0.15) is 45.0 Å². The summed E-state index contributed by atoms with van der Waals surface area (Å²) in [5.74, 6) is -1.13. The molecule has 4 rings (SSSR count). The molecule has 2 aliphatic rings. The molecule has 0 aromatic carbocycles. The van der Waals surface area contributed by atoms with E-state index >= 15 is 0 Å². The van der Waals surface area contributed by atoms with E-state index in [-0.39, 0.29) is 28.9 Å². The van der Waals surface area contributed by atoms with Gasteiger partial charge in [0.25, 0.3) is 5.91 Å². The van der Waals surface area contributed by atoms with E-state index < -0.39 is 27.7 Å². The first kappa shape index (κ1) is 20.7. The zero-order valence-electron chi connectivity index (χ0n) is 16.4. The number of carbonyl (C=O) groups excluding carboxylic acids is 1. The highest BCUT2D eigenvalue weighted by atomic mass is 32.2. The molecule has 0 spiro atoms. The number of rotatable bonds is 3. The highest BCUT2D eigenvalue weighted by Gasteiger charge is 2.35. The van der Waals surface area contributed by atoms with E-state index in [1.165, 1.54) is 28.7 Å². The predicted octanol–water partition coefficient (Wildman–Crippen LogP) is 1.59. The molecule has 2 atom stereocenters. The van der Waals surface area contributed by atoms with Crippen molar-refractivity contribution in [2.24, 2.45) is 15.1 Å². The van der Waals surface area contributed by atoms with Gasteiger partial charge < -0.3 is 11.1 Å². The van der Waals surface area contributed by atoms with Gasteiger partial charge in [-0.05, 0) is 37.1 Å². The number of pyridine rings is 2. The number of hydrogen-bond donors (Lipinski definition) is 2. The van der Waals surface area contributed by atoms with Crippen LogP contribution in [0.1, 0.15) is 40.6 Å². The quantitative estimate of drug-likeness (QED) is 0.737. The molecule has 0 saturated heterocycles. The highest BCUT2D eigenvalue weighted by molar-refractivity contribution is 7.92. The molecule has 3 N–H and O–H groups in total. The number of nitrogens with two attached hydrogens (primary N) is 1. The Labute approximate surface area is 178 Å². The summed E-state index contributed by atoms with van der Waals surface area (Å²) in [5.41, 5.74) is 6.34. The summed E-state index contributed by atoms with van der Waals surface area (Å²) < 4.78 is 33.7. The number of aliphatic imine (C=N–C) groups is 1. The number of hydrogen-bond acceptors (Lipinski definition) is 8. The zero-order chi connectivity index (χ0) is 22.0. The normalized spacial score (nSPS) is 22.9. The van der Waals surface area contributed by atoms with Gasteiger partial charge in [-0.15, -0.1) is 0 Å². The molecule has 2 aliphatic heterocycles. The van der Waals surface area contributed by atoms with Crippen LogP contribution in [0.2, 0.25) is 0 Å². The van der Waals surface area contributed by atoms with Crippen molar-refractivity contribution in [3.05, 3.63) is 53.2 Å². The monoisotopic (exact) mass is 442 g/mol. The molecule has 2 aromatic rings. The second kappa shape index (κ2) is 8.27. The molecule has 31 heavy (non-hydrogen) atoms. The van der Waals surface area contributed by atoms with Gasteiger partial charge in [0.2, 0.25) is 5.96 Å². The fourth-order valence-corrected chi connectivity index (χ4v) is 5.57. The SMILES string of the molecule is N#Cc1ccc(C(=O)Nc2ccc(F)c([C@@H]3CS4(=O)=NCCCCN4C(N)=N3)n2)nc1. The van der Waals surface area contributed by atoms with Gasteiger partial charge in [0, 0.05) is 12.7 Å². The average Bonchev–Trinajstić information content (AvgIpc) is 2.96. The van der Waals surface area contributed by atoms with Crippen LogP contribution in [0.4, 0.5) is 10.2 Å². The lowest BCUT2D eigenvalue weighted by atomic mass is 10.2. The number of amides is 1. The van der Waals surface area contributed by atoms with E-state index in [0.717, 1.165) is 18.9 Å². The summed E-state index contributed by atoms with van der Waals surface area (Å²) in [4.78, 5) is 24.8. The second-order valence-electron chi connectivity index (χ2n) is 7.00. The topological polar surface area (TPSA) is 150 Å². The minimum Gasteiger partial charge on any atom is -0.369 e. The van der Waals surface area contributed by atoms with Crippen LogP contribution in [0, 0.1) is 17.1 Å². The van der Waals surface area contributed by atoms with Crippen LogP contribution in [0.15, 0.2) is 39.8 Å². The zero-order valence-corrected chi connectivity index (χ0v) is 17.2. The third-order valence-corrected chi connectivity index (χ3v) is 7.28. The Balaban J connectivity index is 1.61. The lowest BCUT2D eigenvalue weighted by Crippen LogP contribution is -2.47. The van der Waals surface area contributed by atoms with Crippen molar-refractivity contribution in [1.82, 2.24) is 14.3 Å². The fraction of sp³-hybridized carbons (Fsp3) is 0.316. The summed E-state index contributed by atoms with van der Waals surface area (Å²) in [5, 5.41) is 11.4. The van der Waals surface area contributed by atoms with Crippen LogP contribution in [0.3, 0.4) is 0 Å². The Hall–Kier alpha value is -3.59. The summed E-state index contributed by atoms with van der Waals surface area (Å²) in [7, 11) is -2.85. The molecule has 0 saturated carbocycles. The van der Waals surface area contributed by atoms with Gasteiger partial charge >= 0.3 is 0 Å². The molecular weight excluding hydrogens is 423 g/mol. The summed E-state index contributed by atoms with van der Waals surface area (Å²) >= 11 is 0. The van der Waals surface area contributed by atoms with Crippen LogP contribution < -0.4 is 11.1 Å². The van der Waals surface area contributed by atoms with E-state index in [9.17, 15) is 13.4 Å². The minimum absolute atomic E-state index is 0.0355. The minimum atomic E-state index is -2.85. The second-order valence-corrected chi connectivity index (χ2v) is 9.25. The van der Waals surface area contributed by atoms with Gasteiger partial charge in [0.05, 0.1) is 17.9 Å². The molecule has 0 bridgehead atoms. The van der Waals surface area contributed by atoms with Crippen molar-refractivity contribution >= 4 is 27.6 Å². The van der Waals surface area contributed by atoms with Gasteiger partial charge in [-0.2, -0.15) is 5.26 Å². The smallest absolute Gasteiger partial charge is 0.275 e. The molecule has 0 aliphatic carbocycles. The van der Waals surface area contributed by atoms with E-state index in [4.69, 9.17) is 11.0 Å². The molecule has 0 fully saturated rings. The first-order chi connectivity index (χ1) is 14.9. The van der Waals surface area contributed by atoms with Gasteiger partial charge in [0.15, 0.2) is 0 Å². The summed E-state index contributed by atoms with van der Waals surface area (Å²) in [6.45, 7) is 0.924. The number of anilines is 1. The van der Waals surface area contributed by atoms with Crippen LogP contribution in [-0.2, 0) is 9.92 Å². The molecule has 12 heteroatoms. The number of halogens is 1. The van der Waals surface area contributed by atoms with Crippen LogP contribution in [0.25, 0.3) is 0 Å². The first-order valence-electron chi connectivity index (χ1n) is 9.55. The Morgan fingerprint density at radius 1 is 1.32 bits per heavy atom. The van der Waals surface area contributed by atoms with Crippen molar-refractivity contribution in [3.8, 4) is 6.07 Å². The third kappa shape index (κ3) is 4.17. The molecule has 1 unspecified atom stereocenters. The number of nitriles is 1. The number of guanidine groups is 1. The van der Waals surface area contributed by atoms with E-state index in [2.05, 4.69) is 24.6 Å². The third-order valence-electron chi connectivity index (χ3n) is 4.88. The maximum Gasteiger partial charge on any atom is 0.275 e. The number of aromatic nitrogens is 2. The van der Waals surface area contributed by atoms with Crippen molar-refractivity contribution in [2.45, 2.75) is 18.9 Å². The molecule has 1 amide bonds. The molecule has 2 aromatic heterocycles. The van der Waals surface area contributed by atoms with E-state index in [1.807, 2.05) is 6.07 Å². The number of nitrogens with zero attached hydrogens (tertiary/aromatic N) is 6. The molecule has 0 radical (unpaired) electrons. The van der Waals surface area contributed by atoms with Crippen molar-refractivity contribution in [1.29, 1.82) is 5.26 Å². The van der Waals surface area contributed by atoms with Crippen molar-refractivity contribution in [3.63, 3.8) is 0 Å². The average molecular weight is 442 g/mol. The van der Waals surface area contributed by atoms with Gasteiger partial charge in [-0.1, -0.05) is 0 Å². The highest BCUT2D eigenvalue weighted by Crippen LogP contribution is 2.29. The number of carbonyl (C=O) groups is 1. The fourth-order valence-electron chi connectivity index (χ4n) is 3.33. The Morgan fingerprint density at radius 2 is 2.16 bits per heavy atom. The van der Waals surface area contributed by atoms with Gasteiger partial charge in [-0.25, -0.2) is 27.9 Å². The molecule has 10 nitrogen and oxygen atoms in total. The maximum absolute atomic E-state index is 14.6. The van der Waals surface area contributed by atoms with Crippen molar-refractivity contribution < 1.29 is 13.4 Å². The summed E-state index contributed by atoms with van der Waals surface area (Å²) in [6.07, 6.45) is 2.86. The number of nitrogens with one attached hydrogen (secondary N) is 1. The van der Waals surface area contributed by atoms with Crippen LogP contribution in [-0.4, -0.2) is 49.2 Å². The Kier molecular flexibility index (Phi) is 5.51. The van der Waals surface area contributed by atoms with Crippen LogP contribution >= 0.6 is 0 Å². The molecule has 4 heterocycles. The Bertz CT molecular complexity index is 1210. The lowest BCUT2D eigenvalue weighted by molar-refractivity contribution is 0.102. The molecular formula is C19H19FN8O2S. The maximum atomic E-state index is 14.6. The first-order valence-corrected chi connectivity index (χ1v) is 11.2. The number of fused-ring (bicyclic) bond motifs is 1. The largest absolute Gasteiger partial charge is 0.369 e. The van der Waals surface area contributed by atoms with E-state index in [0.29, 0.717) is 18.7 Å². The van der Waals surface area contributed by atoms with Crippen LogP contribution in [0.5, 0.6) is 0 Å². The predicted molar refractivity (Wildman–Crippen MR) is 112 cm³/mol. The summed E-state index contributed by atoms with van der Waals surface area (Å²) in [6, 6.07) is 6.34. The standard InChI is InChI=1S/C19H19FN8O2S/c20-13-4-6-16(27-18(29)14-5-3-12(9-21)10-23-14)26-17(13)15-11-31(30)24-7-1-2-8-28(31)19(22)25-15/h3-6,10,15H,1-2,7-8,11H2,(H2,22,25)(H,26,27,29)/t15-,31?/m0/s1.